The highest BCUT2D eigenvalue weighted by atomic mass is 16.6. The fourth-order valence-electron chi connectivity index (χ4n) is 2.63. The van der Waals surface area contributed by atoms with Gasteiger partial charge in [0.1, 0.15) is 11.2 Å². The Morgan fingerprint density at radius 1 is 1.07 bits per heavy atom. The zero-order valence-corrected chi connectivity index (χ0v) is 18.0. The molecule has 1 saturated heterocycles. The maximum absolute atomic E-state index is 12.4. The standard InChI is InChI=1S/C21H31N3O5/c1-20(2,3)27-18(25)22-12-15-13-24(19(26)28-21(4,5)6)14-17(15)23-29-16-10-8-7-9-11-16/h7-11,15H,12-14H2,1-6H3,(H,22,25)/b23-17+. The molecule has 1 heterocycles. The molecule has 1 unspecified atom stereocenters. The zero-order valence-electron chi connectivity index (χ0n) is 18.0. The van der Waals surface area contributed by atoms with E-state index in [0.29, 0.717) is 18.0 Å². The highest BCUT2D eigenvalue weighted by Crippen LogP contribution is 2.19. The first kappa shape index (κ1) is 22.5. The first-order valence-corrected chi connectivity index (χ1v) is 9.66. The summed E-state index contributed by atoms with van der Waals surface area (Å²) in [5.41, 5.74) is -0.534. The molecule has 0 aliphatic carbocycles. The minimum absolute atomic E-state index is 0.209. The Labute approximate surface area is 172 Å². The molecular weight excluding hydrogens is 374 g/mol. The van der Waals surface area contributed by atoms with Crippen LogP contribution in [-0.2, 0) is 9.47 Å². The summed E-state index contributed by atoms with van der Waals surface area (Å²) in [6.07, 6.45) is -0.943. The summed E-state index contributed by atoms with van der Waals surface area (Å²) in [4.78, 5) is 31.5. The summed E-state index contributed by atoms with van der Waals surface area (Å²) >= 11 is 0. The molecule has 1 aromatic carbocycles. The van der Waals surface area contributed by atoms with Crippen molar-refractivity contribution in [3.05, 3.63) is 30.3 Å². The van der Waals surface area contributed by atoms with Crippen molar-refractivity contribution in [2.75, 3.05) is 19.6 Å². The molecule has 1 aliphatic rings. The van der Waals surface area contributed by atoms with E-state index in [9.17, 15) is 9.59 Å². The smallest absolute Gasteiger partial charge is 0.410 e. The lowest BCUT2D eigenvalue weighted by atomic mass is 10.1. The number of likely N-dealkylation sites (tertiary alicyclic amines) is 1. The number of carbonyl (C=O) groups excluding carboxylic acids is 2. The maximum Gasteiger partial charge on any atom is 0.410 e. The molecule has 160 valence electrons. The molecule has 1 aliphatic heterocycles. The molecule has 1 aromatic rings. The van der Waals surface area contributed by atoms with Crippen LogP contribution in [0.2, 0.25) is 0 Å². The normalized spacial score (nSPS) is 18.5. The number of alkyl carbamates (subject to hydrolysis) is 1. The largest absolute Gasteiger partial charge is 0.444 e. The van der Waals surface area contributed by atoms with E-state index in [1.807, 2.05) is 39.0 Å². The second-order valence-corrected chi connectivity index (χ2v) is 8.93. The fourth-order valence-corrected chi connectivity index (χ4v) is 2.63. The van der Waals surface area contributed by atoms with Crippen LogP contribution in [-0.4, -0.2) is 53.6 Å². The van der Waals surface area contributed by atoms with Crippen LogP contribution in [0.5, 0.6) is 5.75 Å². The summed E-state index contributed by atoms with van der Waals surface area (Å²) in [7, 11) is 0. The van der Waals surface area contributed by atoms with Gasteiger partial charge in [0.25, 0.3) is 0 Å². The third-order valence-electron chi connectivity index (χ3n) is 3.82. The minimum Gasteiger partial charge on any atom is -0.444 e. The van der Waals surface area contributed by atoms with Crippen molar-refractivity contribution in [1.82, 2.24) is 10.2 Å². The molecule has 1 fully saturated rings. The van der Waals surface area contributed by atoms with E-state index < -0.39 is 23.4 Å². The van der Waals surface area contributed by atoms with E-state index in [1.165, 1.54) is 0 Å². The van der Waals surface area contributed by atoms with Gasteiger partial charge in [0.05, 0.1) is 12.3 Å². The van der Waals surface area contributed by atoms with Crippen LogP contribution < -0.4 is 10.2 Å². The van der Waals surface area contributed by atoms with E-state index in [2.05, 4.69) is 10.5 Å². The Hall–Kier alpha value is -2.77. The highest BCUT2D eigenvalue weighted by Gasteiger charge is 2.35. The van der Waals surface area contributed by atoms with Crippen LogP contribution in [0, 0.1) is 5.92 Å². The Morgan fingerprint density at radius 2 is 1.69 bits per heavy atom. The molecule has 8 heteroatoms. The summed E-state index contributed by atoms with van der Waals surface area (Å²) in [5.74, 6) is 0.383. The van der Waals surface area contributed by atoms with Crippen LogP contribution in [0.15, 0.2) is 35.5 Å². The lowest BCUT2D eigenvalue weighted by Gasteiger charge is -2.24. The first-order valence-electron chi connectivity index (χ1n) is 9.66. The van der Waals surface area contributed by atoms with Gasteiger partial charge in [-0.3, -0.25) is 0 Å². The van der Waals surface area contributed by atoms with E-state index in [-0.39, 0.29) is 19.0 Å². The van der Waals surface area contributed by atoms with Crippen molar-refractivity contribution in [2.24, 2.45) is 11.1 Å². The van der Waals surface area contributed by atoms with Crippen LogP contribution >= 0.6 is 0 Å². The van der Waals surface area contributed by atoms with Crippen molar-refractivity contribution in [3.63, 3.8) is 0 Å². The quantitative estimate of drug-likeness (QED) is 0.770. The lowest BCUT2D eigenvalue weighted by Crippen LogP contribution is -2.38. The summed E-state index contributed by atoms with van der Waals surface area (Å²) in [6, 6.07) is 9.15. The predicted octanol–water partition coefficient (Wildman–Crippen LogP) is 3.81. The van der Waals surface area contributed by atoms with Gasteiger partial charge in [0, 0.05) is 19.0 Å². The third kappa shape index (κ3) is 8.01. The second-order valence-electron chi connectivity index (χ2n) is 8.93. The number of para-hydroxylation sites is 1. The van der Waals surface area contributed by atoms with Gasteiger partial charge in [0.15, 0.2) is 5.75 Å². The topological polar surface area (TPSA) is 89.5 Å². The van der Waals surface area contributed by atoms with Crippen molar-refractivity contribution in [2.45, 2.75) is 52.7 Å². The van der Waals surface area contributed by atoms with Gasteiger partial charge in [-0.05, 0) is 53.7 Å². The Kier molecular flexibility index (Phi) is 7.11. The Bertz CT molecular complexity index is 735. The molecule has 1 atom stereocenters. The molecule has 0 bridgehead atoms. The van der Waals surface area contributed by atoms with Gasteiger partial charge in [0.2, 0.25) is 0 Å². The molecule has 0 aromatic heterocycles. The van der Waals surface area contributed by atoms with E-state index in [4.69, 9.17) is 14.3 Å². The average molecular weight is 405 g/mol. The summed E-state index contributed by atoms with van der Waals surface area (Å²) in [5, 5.41) is 6.97. The van der Waals surface area contributed by atoms with Crippen molar-refractivity contribution in [1.29, 1.82) is 0 Å². The molecule has 0 spiro atoms. The van der Waals surface area contributed by atoms with Gasteiger partial charge < -0.3 is 24.5 Å². The summed E-state index contributed by atoms with van der Waals surface area (Å²) < 4.78 is 10.7. The Morgan fingerprint density at radius 3 is 2.28 bits per heavy atom. The van der Waals surface area contributed by atoms with Crippen molar-refractivity contribution < 1.29 is 23.9 Å². The fraction of sp³-hybridized carbons (Fsp3) is 0.571. The number of nitrogens with zero attached hydrogens (tertiary/aromatic N) is 2. The highest BCUT2D eigenvalue weighted by molar-refractivity contribution is 5.94. The number of oxime groups is 1. The maximum atomic E-state index is 12.4. The average Bonchev–Trinajstić information content (AvgIpc) is 2.99. The number of nitrogens with one attached hydrogen (secondary N) is 1. The van der Waals surface area contributed by atoms with E-state index in [0.717, 1.165) is 0 Å². The molecule has 29 heavy (non-hydrogen) atoms. The van der Waals surface area contributed by atoms with Gasteiger partial charge in [-0.1, -0.05) is 23.4 Å². The summed E-state index contributed by atoms with van der Waals surface area (Å²) in [6.45, 7) is 11.7. The van der Waals surface area contributed by atoms with Crippen molar-refractivity contribution in [3.8, 4) is 5.75 Å². The monoisotopic (exact) mass is 405 g/mol. The van der Waals surface area contributed by atoms with Crippen LogP contribution in [0.1, 0.15) is 41.5 Å². The predicted molar refractivity (Wildman–Crippen MR) is 110 cm³/mol. The SMILES string of the molecule is CC(C)(C)OC(=O)NCC1CN(C(=O)OC(C)(C)C)C/C1=N\Oc1ccccc1. The molecule has 2 rings (SSSR count). The molecular formula is C21H31N3O5. The number of amides is 2. The van der Waals surface area contributed by atoms with E-state index >= 15 is 0 Å². The minimum atomic E-state index is -0.595. The van der Waals surface area contributed by atoms with Crippen molar-refractivity contribution >= 4 is 17.9 Å². The number of rotatable bonds is 4. The van der Waals surface area contributed by atoms with E-state index in [1.54, 1.807) is 37.8 Å². The lowest BCUT2D eigenvalue weighted by molar-refractivity contribution is 0.0292. The van der Waals surface area contributed by atoms with Crippen LogP contribution in [0.25, 0.3) is 0 Å². The molecule has 8 nitrogen and oxygen atoms in total. The number of benzene rings is 1. The zero-order chi connectivity index (χ0) is 21.7. The van der Waals surface area contributed by atoms with Gasteiger partial charge >= 0.3 is 12.2 Å². The van der Waals surface area contributed by atoms with Gasteiger partial charge in [-0.15, -0.1) is 0 Å². The van der Waals surface area contributed by atoms with Crippen LogP contribution in [0.3, 0.4) is 0 Å². The molecule has 1 N–H and O–H groups in total. The number of ether oxygens (including phenoxy) is 2. The third-order valence-corrected chi connectivity index (χ3v) is 3.82. The second kappa shape index (κ2) is 9.15. The first-order chi connectivity index (χ1) is 13.4. The molecule has 0 radical (unpaired) electrons. The molecule has 2 amide bonds. The number of hydrogen-bond acceptors (Lipinski definition) is 6. The van der Waals surface area contributed by atoms with Crippen LogP contribution in [0.4, 0.5) is 9.59 Å². The Balaban J connectivity index is 2.06. The number of carbonyl (C=O) groups is 2. The number of hydrogen-bond donors (Lipinski definition) is 1. The van der Waals surface area contributed by atoms with Gasteiger partial charge in [-0.25, -0.2) is 9.59 Å². The molecule has 0 saturated carbocycles. The van der Waals surface area contributed by atoms with Gasteiger partial charge in [-0.2, -0.15) is 0 Å².